The van der Waals surface area contributed by atoms with E-state index < -0.39 is 0 Å². The Morgan fingerprint density at radius 3 is 2.31 bits per heavy atom. The van der Waals surface area contributed by atoms with Gasteiger partial charge >= 0.3 is 0 Å². The Kier molecular flexibility index (Phi) is 5.61. The summed E-state index contributed by atoms with van der Waals surface area (Å²) in [7, 11) is 0. The molecule has 0 fully saturated rings. The molecule has 6 aromatic heterocycles. The molecule has 0 unspecified atom stereocenters. The van der Waals surface area contributed by atoms with Crippen molar-refractivity contribution in [1.82, 2.24) is 43.6 Å². The van der Waals surface area contributed by atoms with Crippen LogP contribution in [0.15, 0.2) is 61.8 Å². The van der Waals surface area contributed by atoms with Gasteiger partial charge in [-0.1, -0.05) is 54.5 Å². The van der Waals surface area contributed by atoms with Gasteiger partial charge in [-0.2, -0.15) is 5.10 Å². The smallest absolute Gasteiger partial charge is 0.234 e. The molecule has 6 aromatic rings. The number of pyridine rings is 2. The standard InChI is InChI=1S/C30H35N9/c1-28(2,3)23-12-20(15-39-26(23)33-18-35-39)24-14-32-27-31-13-22(17-38(24)27)30(6,7)11-10-29(4,5)21-8-9-25-36-34-19-37(25)16-21/h8-9,12-19H,10-11H2,1-7H3. The Labute approximate surface area is 228 Å². The molecular formula is C30H35N9. The molecule has 6 rings (SSSR count). The summed E-state index contributed by atoms with van der Waals surface area (Å²) in [5, 5.41) is 12.6. The molecule has 0 aliphatic carbocycles. The molecule has 9 heteroatoms. The summed E-state index contributed by atoms with van der Waals surface area (Å²) in [5.41, 5.74) is 7.18. The van der Waals surface area contributed by atoms with E-state index in [0.29, 0.717) is 5.78 Å². The van der Waals surface area contributed by atoms with Gasteiger partial charge in [0, 0.05) is 35.9 Å². The van der Waals surface area contributed by atoms with E-state index in [9.17, 15) is 0 Å². The van der Waals surface area contributed by atoms with E-state index in [1.165, 1.54) is 11.1 Å². The van der Waals surface area contributed by atoms with Crippen LogP contribution in [-0.4, -0.2) is 43.6 Å². The first kappa shape index (κ1) is 25.2. The Morgan fingerprint density at radius 1 is 0.795 bits per heavy atom. The molecule has 0 radical (unpaired) electrons. The SMILES string of the molecule is CC(C)(C)c1cc(-c2cnc3ncc(C(C)(C)CCC(C)(C)c4ccc5nncn5c4)cn23)cn2ncnc12. The Morgan fingerprint density at radius 2 is 1.54 bits per heavy atom. The van der Waals surface area contributed by atoms with Gasteiger partial charge in [-0.25, -0.2) is 19.5 Å². The van der Waals surface area contributed by atoms with Crippen LogP contribution in [-0.2, 0) is 16.2 Å². The lowest BCUT2D eigenvalue weighted by molar-refractivity contribution is 0.373. The molecule has 0 saturated heterocycles. The van der Waals surface area contributed by atoms with Crippen molar-refractivity contribution >= 4 is 17.1 Å². The predicted octanol–water partition coefficient (Wildman–Crippen LogP) is 5.81. The van der Waals surface area contributed by atoms with E-state index in [0.717, 1.165) is 41.0 Å². The highest BCUT2D eigenvalue weighted by Crippen LogP contribution is 2.37. The van der Waals surface area contributed by atoms with Crippen molar-refractivity contribution in [3.63, 3.8) is 0 Å². The molecule has 0 N–H and O–H groups in total. The van der Waals surface area contributed by atoms with Crippen molar-refractivity contribution in [1.29, 1.82) is 0 Å². The molecule has 39 heavy (non-hydrogen) atoms. The van der Waals surface area contributed by atoms with E-state index in [1.54, 1.807) is 12.7 Å². The van der Waals surface area contributed by atoms with Crippen molar-refractivity contribution in [2.75, 3.05) is 0 Å². The van der Waals surface area contributed by atoms with Crippen LogP contribution in [0.3, 0.4) is 0 Å². The van der Waals surface area contributed by atoms with Crippen LogP contribution in [0.1, 0.15) is 78.0 Å². The highest BCUT2D eigenvalue weighted by atomic mass is 15.3. The maximum absolute atomic E-state index is 4.75. The van der Waals surface area contributed by atoms with Gasteiger partial charge in [-0.3, -0.25) is 8.80 Å². The molecule has 0 atom stereocenters. The number of hydrogen-bond donors (Lipinski definition) is 0. The minimum atomic E-state index is -0.0902. The number of hydrogen-bond acceptors (Lipinski definition) is 6. The fraction of sp³-hybridized carbons (Fsp3) is 0.400. The average Bonchev–Trinajstić information content (AvgIpc) is 3.64. The third-order valence-corrected chi connectivity index (χ3v) is 8.07. The van der Waals surface area contributed by atoms with Gasteiger partial charge in [0.1, 0.15) is 12.7 Å². The first-order valence-corrected chi connectivity index (χ1v) is 13.4. The lowest BCUT2D eigenvalue weighted by atomic mass is 9.73. The molecule has 0 aliphatic heterocycles. The zero-order valence-corrected chi connectivity index (χ0v) is 23.7. The second-order valence-electron chi connectivity index (χ2n) is 12.9. The van der Waals surface area contributed by atoms with E-state index in [2.05, 4.69) is 103 Å². The minimum absolute atomic E-state index is 0.00993. The second-order valence-corrected chi connectivity index (χ2v) is 12.9. The molecule has 9 nitrogen and oxygen atoms in total. The summed E-state index contributed by atoms with van der Waals surface area (Å²) in [5.74, 6) is 0.683. The van der Waals surface area contributed by atoms with Crippen molar-refractivity contribution in [3.05, 3.63) is 78.5 Å². The normalized spacial score (nSPS) is 13.2. The third kappa shape index (κ3) is 4.45. The van der Waals surface area contributed by atoms with Gasteiger partial charge in [0.15, 0.2) is 11.3 Å². The van der Waals surface area contributed by atoms with Gasteiger partial charge < -0.3 is 0 Å². The summed E-state index contributed by atoms with van der Waals surface area (Å²) in [6.07, 6.45) is 15.6. The molecule has 200 valence electrons. The van der Waals surface area contributed by atoms with Gasteiger partial charge in [0.05, 0.1) is 11.9 Å². The highest BCUT2D eigenvalue weighted by molar-refractivity contribution is 5.67. The lowest BCUT2D eigenvalue weighted by Gasteiger charge is -2.32. The fourth-order valence-electron chi connectivity index (χ4n) is 5.20. The third-order valence-electron chi connectivity index (χ3n) is 8.07. The zero-order valence-electron chi connectivity index (χ0n) is 23.7. The highest BCUT2D eigenvalue weighted by Gasteiger charge is 2.29. The molecule has 0 aromatic carbocycles. The van der Waals surface area contributed by atoms with Crippen LogP contribution in [0.5, 0.6) is 0 Å². The Hall–Kier alpha value is -4.14. The molecule has 0 aliphatic rings. The first-order valence-electron chi connectivity index (χ1n) is 13.4. The number of aromatic nitrogens is 9. The first-order chi connectivity index (χ1) is 18.4. The van der Waals surface area contributed by atoms with Crippen molar-refractivity contribution < 1.29 is 0 Å². The average molecular weight is 522 g/mol. The molecular weight excluding hydrogens is 486 g/mol. The van der Waals surface area contributed by atoms with Gasteiger partial charge in [0.25, 0.3) is 0 Å². The quantitative estimate of drug-likeness (QED) is 0.275. The minimum Gasteiger partial charge on any atom is -0.289 e. The van der Waals surface area contributed by atoms with Crippen molar-refractivity contribution in [2.45, 2.75) is 77.6 Å². The maximum atomic E-state index is 4.75. The Balaban J connectivity index is 1.32. The topological polar surface area (TPSA) is 90.6 Å². The van der Waals surface area contributed by atoms with Gasteiger partial charge in [-0.15, -0.1) is 10.2 Å². The molecule has 0 spiro atoms. The van der Waals surface area contributed by atoms with Crippen molar-refractivity contribution in [2.24, 2.45) is 0 Å². The van der Waals surface area contributed by atoms with Gasteiger partial charge in [0.2, 0.25) is 5.78 Å². The predicted molar refractivity (Wildman–Crippen MR) is 152 cm³/mol. The Bertz CT molecular complexity index is 1810. The van der Waals surface area contributed by atoms with E-state index >= 15 is 0 Å². The molecule has 0 amide bonds. The summed E-state index contributed by atoms with van der Waals surface area (Å²) in [4.78, 5) is 13.9. The number of nitrogens with zero attached hydrogens (tertiary/aromatic N) is 9. The van der Waals surface area contributed by atoms with Crippen LogP contribution >= 0.6 is 0 Å². The second kappa shape index (κ2) is 8.69. The lowest BCUT2D eigenvalue weighted by Crippen LogP contribution is -2.25. The fourth-order valence-corrected chi connectivity index (χ4v) is 5.20. The number of rotatable bonds is 6. The monoisotopic (exact) mass is 521 g/mol. The summed E-state index contributed by atoms with van der Waals surface area (Å²) in [6, 6.07) is 6.41. The molecule has 0 saturated carbocycles. The number of imidazole rings is 1. The van der Waals surface area contributed by atoms with Crippen LogP contribution in [0.4, 0.5) is 0 Å². The zero-order chi connectivity index (χ0) is 27.6. The number of fused-ring (bicyclic) bond motifs is 3. The van der Waals surface area contributed by atoms with E-state index in [4.69, 9.17) is 4.98 Å². The van der Waals surface area contributed by atoms with Gasteiger partial charge in [-0.05, 0) is 52.3 Å². The van der Waals surface area contributed by atoms with Crippen LogP contribution < -0.4 is 0 Å². The van der Waals surface area contributed by atoms with E-state index in [-0.39, 0.29) is 16.2 Å². The van der Waals surface area contributed by atoms with Crippen LogP contribution in [0, 0.1) is 0 Å². The summed E-state index contributed by atoms with van der Waals surface area (Å²) >= 11 is 0. The van der Waals surface area contributed by atoms with Crippen molar-refractivity contribution in [3.8, 4) is 11.3 Å². The van der Waals surface area contributed by atoms with Crippen LogP contribution in [0.25, 0.3) is 28.3 Å². The van der Waals surface area contributed by atoms with E-state index in [1.807, 2.05) is 33.6 Å². The summed E-state index contributed by atoms with van der Waals surface area (Å²) < 4.78 is 5.95. The largest absolute Gasteiger partial charge is 0.289 e. The molecule has 0 bridgehead atoms. The molecule has 6 heterocycles. The van der Waals surface area contributed by atoms with Crippen LogP contribution in [0.2, 0.25) is 0 Å². The maximum Gasteiger partial charge on any atom is 0.234 e. The summed E-state index contributed by atoms with van der Waals surface area (Å²) in [6.45, 7) is 15.8.